The van der Waals surface area contributed by atoms with Crippen LogP contribution in [0.4, 0.5) is 0 Å². The van der Waals surface area contributed by atoms with Gasteiger partial charge in [0.05, 0.1) is 5.41 Å². The Morgan fingerprint density at radius 1 is 0.405 bits per heavy atom. The van der Waals surface area contributed by atoms with Crippen LogP contribution in [0.2, 0.25) is 0 Å². The van der Waals surface area contributed by atoms with Crippen molar-refractivity contribution in [2.45, 2.75) is 11.8 Å². The van der Waals surface area contributed by atoms with Crippen LogP contribution in [0.25, 0.3) is 55.3 Å². The van der Waals surface area contributed by atoms with Gasteiger partial charge in [-0.3, -0.25) is 0 Å². The van der Waals surface area contributed by atoms with Gasteiger partial charge in [0.15, 0.2) is 0 Å². The van der Waals surface area contributed by atoms with Gasteiger partial charge in [-0.2, -0.15) is 0 Å². The fourth-order valence-electron chi connectivity index (χ4n) is 8.59. The lowest BCUT2D eigenvalue weighted by molar-refractivity contribution is 0.785. The molecule has 0 bridgehead atoms. The van der Waals surface area contributed by atoms with Crippen molar-refractivity contribution in [2.75, 3.05) is 0 Å². The highest BCUT2D eigenvalue weighted by Crippen LogP contribution is 2.66. The van der Waals surface area contributed by atoms with E-state index in [-0.39, 0.29) is 5.41 Å². The topological polar surface area (TPSA) is 0 Å². The molecule has 42 heavy (non-hydrogen) atoms. The lowest BCUT2D eigenvalue weighted by atomic mass is 9.68. The molecule has 0 heterocycles. The van der Waals surface area contributed by atoms with E-state index in [0.717, 1.165) is 6.42 Å². The van der Waals surface area contributed by atoms with E-state index in [1.807, 2.05) is 0 Å². The lowest BCUT2D eigenvalue weighted by Gasteiger charge is -2.32. The monoisotopic (exact) mass is 530 g/mol. The maximum Gasteiger partial charge on any atom is 0.0728 e. The number of rotatable bonds is 1. The second-order valence-electron chi connectivity index (χ2n) is 12.0. The first-order chi connectivity index (χ1) is 20.9. The predicted octanol–water partition coefficient (Wildman–Crippen LogP) is 10.4. The molecule has 0 unspecified atom stereocenters. The molecule has 10 rings (SSSR count). The number of benzene rings is 7. The fraction of sp³-hybridized carbons (Fsp3) is 0.0476. The molecule has 0 atom stereocenters. The fourth-order valence-corrected chi connectivity index (χ4v) is 8.59. The summed E-state index contributed by atoms with van der Waals surface area (Å²) in [5, 5.41) is 2.72. The molecule has 194 valence electrons. The molecule has 0 saturated heterocycles. The van der Waals surface area contributed by atoms with E-state index in [4.69, 9.17) is 0 Å². The quantitative estimate of drug-likeness (QED) is 0.198. The average Bonchev–Trinajstić information content (AvgIpc) is 3.69. The second-order valence-corrected chi connectivity index (χ2v) is 12.0. The summed E-state index contributed by atoms with van der Waals surface area (Å²) in [6.07, 6.45) is 0.963. The van der Waals surface area contributed by atoms with Crippen molar-refractivity contribution < 1.29 is 0 Å². The average molecular weight is 531 g/mol. The molecule has 3 aliphatic rings. The lowest BCUT2D eigenvalue weighted by Crippen LogP contribution is -2.27. The van der Waals surface area contributed by atoms with Gasteiger partial charge in [0, 0.05) is 0 Å². The minimum Gasteiger partial charge on any atom is -0.0622 e. The number of hydrogen-bond donors (Lipinski definition) is 0. The first kappa shape index (κ1) is 22.5. The summed E-state index contributed by atoms with van der Waals surface area (Å²) < 4.78 is 0. The Bertz CT molecular complexity index is 2220. The highest BCUT2D eigenvalue weighted by Gasteiger charge is 2.54. The van der Waals surface area contributed by atoms with Crippen molar-refractivity contribution in [1.82, 2.24) is 0 Å². The molecule has 0 aliphatic heterocycles. The molecular formula is C42H26. The van der Waals surface area contributed by atoms with Crippen molar-refractivity contribution in [3.63, 3.8) is 0 Å². The third-order valence-electron chi connectivity index (χ3n) is 10.1. The zero-order chi connectivity index (χ0) is 27.4. The van der Waals surface area contributed by atoms with Gasteiger partial charge >= 0.3 is 0 Å². The van der Waals surface area contributed by atoms with Gasteiger partial charge in [-0.05, 0) is 101 Å². The molecule has 1 spiro atoms. The molecule has 0 amide bonds. The van der Waals surface area contributed by atoms with Crippen LogP contribution in [-0.2, 0) is 11.8 Å². The Hall–Kier alpha value is -5.20. The number of fused-ring (bicyclic) bond motifs is 17. The normalized spacial score (nSPS) is 14.3. The largest absolute Gasteiger partial charge is 0.0728 e. The Morgan fingerprint density at radius 3 is 1.74 bits per heavy atom. The Labute approximate surface area is 245 Å². The van der Waals surface area contributed by atoms with Gasteiger partial charge in [0.25, 0.3) is 0 Å². The Balaban J connectivity index is 1.44. The van der Waals surface area contributed by atoms with Crippen molar-refractivity contribution in [3.05, 3.63) is 179 Å². The van der Waals surface area contributed by atoms with Crippen molar-refractivity contribution in [2.24, 2.45) is 0 Å². The summed E-state index contributed by atoms with van der Waals surface area (Å²) in [5.41, 5.74) is 19.1. The molecule has 7 aromatic rings. The third-order valence-corrected chi connectivity index (χ3v) is 10.1. The van der Waals surface area contributed by atoms with E-state index in [2.05, 4.69) is 146 Å². The summed E-state index contributed by atoms with van der Waals surface area (Å²) in [6.45, 7) is 0. The smallest absolute Gasteiger partial charge is 0.0622 e. The summed E-state index contributed by atoms with van der Waals surface area (Å²) in [4.78, 5) is 0. The predicted molar refractivity (Wildman–Crippen MR) is 174 cm³/mol. The van der Waals surface area contributed by atoms with Crippen molar-refractivity contribution >= 4 is 10.8 Å². The van der Waals surface area contributed by atoms with Crippen LogP contribution >= 0.6 is 0 Å². The highest BCUT2D eigenvalue weighted by atomic mass is 14.5. The minimum atomic E-state index is -0.376. The maximum absolute atomic E-state index is 2.51. The zero-order valence-corrected chi connectivity index (χ0v) is 23.1. The first-order valence-corrected chi connectivity index (χ1v) is 14.9. The molecule has 0 fully saturated rings. The molecule has 0 radical (unpaired) electrons. The summed E-state index contributed by atoms with van der Waals surface area (Å²) in [5.74, 6) is 0. The zero-order valence-electron chi connectivity index (χ0n) is 23.1. The summed E-state index contributed by atoms with van der Waals surface area (Å²) >= 11 is 0. The Morgan fingerprint density at radius 2 is 1.00 bits per heavy atom. The van der Waals surface area contributed by atoms with Crippen LogP contribution < -0.4 is 0 Å². The van der Waals surface area contributed by atoms with Crippen LogP contribution in [0.15, 0.2) is 146 Å². The van der Waals surface area contributed by atoms with Gasteiger partial charge in [-0.15, -0.1) is 0 Å². The van der Waals surface area contributed by atoms with E-state index in [9.17, 15) is 0 Å². The van der Waals surface area contributed by atoms with Crippen molar-refractivity contribution in [3.8, 4) is 44.5 Å². The summed E-state index contributed by atoms with van der Waals surface area (Å²) in [6, 6.07) is 54.6. The van der Waals surface area contributed by atoms with Crippen LogP contribution in [0, 0.1) is 0 Å². The molecule has 7 aromatic carbocycles. The SMILES string of the molecule is c1ccc(-c2ccc3c(c2)C2(c4ccccc4-c4ccccc42)c2c4c(c5ccccc5c2-3)-c2ccccc2C4)cc1. The third kappa shape index (κ3) is 2.59. The molecule has 3 aliphatic carbocycles. The Kier molecular flexibility index (Phi) is 4.26. The van der Waals surface area contributed by atoms with Gasteiger partial charge in [0.1, 0.15) is 0 Å². The van der Waals surface area contributed by atoms with Crippen LogP contribution in [0.3, 0.4) is 0 Å². The molecule has 0 heteroatoms. The van der Waals surface area contributed by atoms with E-state index < -0.39 is 0 Å². The number of hydrogen-bond acceptors (Lipinski definition) is 0. The van der Waals surface area contributed by atoms with Gasteiger partial charge < -0.3 is 0 Å². The molecular weight excluding hydrogens is 504 g/mol. The van der Waals surface area contributed by atoms with Gasteiger partial charge in [-0.1, -0.05) is 140 Å². The van der Waals surface area contributed by atoms with Gasteiger partial charge in [-0.25, -0.2) is 0 Å². The van der Waals surface area contributed by atoms with Crippen LogP contribution in [0.5, 0.6) is 0 Å². The standard InChI is InChI=1S/C42H26/c1-2-12-26(13-3-1)27-22-23-34-38(25-27)42(36-20-10-8-16-30(36)31-17-9-11-21-37(31)42)41-35-24-28-14-4-5-15-29(28)39(35)32-18-6-7-19-33(32)40(34)41/h1-23,25H,24H2. The molecule has 0 nitrogen and oxygen atoms in total. The van der Waals surface area contributed by atoms with Crippen LogP contribution in [0.1, 0.15) is 33.4 Å². The van der Waals surface area contributed by atoms with Gasteiger partial charge in [0.2, 0.25) is 0 Å². The van der Waals surface area contributed by atoms with Crippen LogP contribution in [-0.4, -0.2) is 0 Å². The molecule has 0 saturated carbocycles. The molecule has 0 N–H and O–H groups in total. The van der Waals surface area contributed by atoms with E-state index in [1.165, 1.54) is 88.7 Å². The van der Waals surface area contributed by atoms with Crippen molar-refractivity contribution in [1.29, 1.82) is 0 Å². The second kappa shape index (κ2) is 7.96. The van der Waals surface area contributed by atoms with E-state index in [1.54, 1.807) is 0 Å². The van der Waals surface area contributed by atoms with E-state index >= 15 is 0 Å². The van der Waals surface area contributed by atoms with E-state index in [0.29, 0.717) is 0 Å². The first-order valence-electron chi connectivity index (χ1n) is 14.9. The molecule has 0 aromatic heterocycles. The maximum atomic E-state index is 2.51. The highest BCUT2D eigenvalue weighted by molar-refractivity contribution is 6.14. The summed E-state index contributed by atoms with van der Waals surface area (Å²) in [7, 11) is 0. The minimum absolute atomic E-state index is 0.376.